The first-order valence-electron chi connectivity index (χ1n) is 6.14. The standard InChI is InChI=1S/C12H26N2/c1-5-8-11-9-13-12(4,6-2)10-14(11)7-3/h11,13H,5-10H2,1-4H3. The molecule has 0 aromatic heterocycles. The van der Waals surface area contributed by atoms with E-state index < -0.39 is 0 Å². The van der Waals surface area contributed by atoms with E-state index in [1.807, 2.05) is 0 Å². The fourth-order valence-corrected chi connectivity index (χ4v) is 2.35. The van der Waals surface area contributed by atoms with Crippen LogP contribution >= 0.6 is 0 Å². The third-order valence-electron chi connectivity index (χ3n) is 3.64. The Morgan fingerprint density at radius 2 is 2.07 bits per heavy atom. The highest BCUT2D eigenvalue weighted by molar-refractivity contribution is 4.93. The number of nitrogens with one attached hydrogen (secondary N) is 1. The molecule has 2 heteroatoms. The van der Waals surface area contributed by atoms with Crippen LogP contribution in [0.1, 0.15) is 47.0 Å². The van der Waals surface area contributed by atoms with Crippen molar-refractivity contribution in [3.05, 3.63) is 0 Å². The van der Waals surface area contributed by atoms with Crippen LogP contribution in [0.4, 0.5) is 0 Å². The molecule has 0 saturated carbocycles. The molecule has 2 nitrogen and oxygen atoms in total. The lowest BCUT2D eigenvalue weighted by Gasteiger charge is -2.45. The number of rotatable bonds is 4. The largest absolute Gasteiger partial charge is 0.309 e. The fourth-order valence-electron chi connectivity index (χ4n) is 2.35. The van der Waals surface area contributed by atoms with Crippen molar-refractivity contribution in [2.75, 3.05) is 19.6 Å². The lowest BCUT2D eigenvalue weighted by Crippen LogP contribution is -2.62. The topological polar surface area (TPSA) is 15.3 Å². The molecule has 1 saturated heterocycles. The van der Waals surface area contributed by atoms with Crippen LogP contribution in [0.5, 0.6) is 0 Å². The second kappa shape index (κ2) is 5.13. The average Bonchev–Trinajstić information content (AvgIpc) is 2.21. The maximum absolute atomic E-state index is 3.70. The van der Waals surface area contributed by atoms with Gasteiger partial charge in [-0.2, -0.15) is 0 Å². The molecule has 1 heterocycles. The van der Waals surface area contributed by atoms with Crippen LogP contribution in [0.2, 0.25) is 0 Å². The molecule has 2 atom stereocenters. The zero-order chi connectivity index (χ0) is 10.6. The molecule has 1 rings (SSSR count). The smallest absolute Gasteiger partial charge is 0.0278 e. The van der Waals surface area contributed by atoms with Crippen molar-refractivity contribution in [3.63, 3.8) is 0 Å². The maximum atomic E-state index is 3.70. The fraction of sp³-hybridized carbons (Fsp3) is 1.00. The molecule has 0 aliphatic carbocycles. The van der Waals surface area contributed by atoms with Gasteiger partial charge in [-0.1, -0.05) is 27.2 Å². The molecule has 0 spiro atoms. The van der Waals surface area contributed by atoms with Gasteiger partial charge in [0.05, 0.1) is 0 Å². The molecule has 1 N–H and O–H groups in total. The molecule has 1 aliphatic heterocycles. The first kappa shape index (κ1) is 12.0. The van der Waals surface area contributed by atoms with Crippen LogP contribution in [0, 0.1) is 0 Å². The monoisotopic (exact) mass is 198 g/mol. The summed E-state index contributed by atoms with van der Waals surface area (Å²) in [4.78, 5) is 2.64. The molecule has 84 valence electrons. The van der Waals surface area contributed by atoms with Crippen LogP contribution in [-0.2, 0) is 0 Å². The van der Waals surface area contributed by atoms with Gasteiger partial charge >= 0.3 is 0 Å². The van der Waals surface area contributed by atoms with Crippen molar-refractivity contribution < 1.29 is 0 Å². The van der Waals surface area contributed by atoms with Crippen LogP contribution in [-0.4, -0.2) is 36.1 Å². The number of nitrogens with zero attached hydrogens (tertiary/aromatic N) is 1. The summed E-state index contributed by atoms with van der Waals surface area (Å²) in [7, 11) is 0. The Hall–Kier alpha value is -0.0800. The van der Waals surface area contributed by atoms with Gasteiger partial charge in [0.25, 0.3) is 0 Å². The van der Waals surface area contributed by atoms with Crippen LogP contribution < -0.4 is 5.32 Å². The van der Waals surface area contributed by atoms with Gasteiger partial charge in [0.1, 0.15) is 0 Å². The van der Waals surface area contributed by atoms with Gasteiger partial charge in [-0.05, 0) is 26.3 Å². The van der Waals surface area contributed by atoms with Crippen molar-refractivity contribution in [1.29, 1.82) is 0 Å². The Balaban J connectivity index is 2.54. The summed E-state index contributed by atoms with van der Waals surface area (Å²) >= 11 is 0. The minimum Gasteiger partial charge on any atom is -0.309 e. The highest BCUT2D eigenvalue weighted by atomic mass is 15.2. The predicted octanol–water partition coefficient (Wildman–Crippen LogP) is 2.25. The number of hydrogen-bond donors (Lipinski definition) is 1. The van der Waals surface area contributed by atoms with Crippen LogP contribution in [0.3, 0.4) is 0 Å². The number of piperazine rings is 1. The highest BCUT2D eigenvalue weighted by Gasteiger charge is 2.32. The van der Waals surface area contributed by atoms with E-state index in [1.165, 1.54) is 38.9 Å². The Labute approximate surface area is 89.1 Å². The van der Waals surface area contributed by atoms with Crippen molar-refractivity contribution in [2.45, 2.75) is 58.5 Å². The lowest BCUT2D eigenvalue weighted by molar-refractivity contribution is 0.0843. The second-order valence-electron chi connectivity index (χ2n) is 4.80. The predicted molar refractivity (Wildman–Crippen MR) is 62.6 cm³/mol. The summed E-state index contributed by atoms with van der Waals surface area (Å²) in [6.45, 7) is 12.8. The SMILES string of the molecule is CCCC1CNC(C)(CC)CN1CC. The summed E-state index contributed by atoms with van der Waals surface area (Å²) in [5, 5.41) is 3.70. The van der Waals surface area contributed by atoms with Crippen molar-refractivity contribution in [2.24, 2.45) is 0 Å². The summed E-state index contributed by atoms with van der Waals surface area (Å²) in [5.41, 5.74) is 0.347. The minimum absolute atomic E-state index is 0.347. The minimum atomic E-state index is 0.347. The number of hydrogen-bond acceptors (Lipinski definition) is 2. The van der Waals surface area contributed by atoms with Gasteiger partial charge in [0, 0.05) is 24.7 Å². The van der Waals surface area contributed by atoms with E-state index in [0.29, 0.717) is 5.54 Å². The lowest BCUT2D eigenvalue weighted by atomic mass is 9.92. The number of likely N-dealkylation sites (N-methyl/N-ethyl adjacent to an activating group) is 1. The molecule has 1 fully saturated rings. The van der Waals surface area contributed by atoms with Gasteiger partial charge in [-0.15, -0.1) is 0 Å². The first-order chi connectivity index (χ1) is 6.65. The third-order valence-corrected chi connectivity index (χ3v) is 3.64. The van der Waals surface area contributed by atoms with Crippen molar-refractivity contribution >= 4 is 0 Å². The van der Waals surface area contributed by atoms with Gasteiger partial charge in [-0.25, -0.2) is 0 Å². The summed E-state index contributed by atoms with van der Waals surface area (Å²) in [5.74, 6) is 0. The van der Waals surface area contributed by atoms with E-state index in [4.69, 9.17) is 0 Å². The molecule has 0 radical (unpaired) electrons. The molecule has 14 heavy (non-hydrogen) atoms. The van der Waals surface area contributed by atoms with E-state index in [-0.39, 0.29) is 0 Å². The molecular weight excluding hydrogens is 172 g/mol. The first-order valence-corrected chi connectivity index (χ1v) is 6.14. The molecule has 0 aromatic rings. The van der Waals surface area contributed by atoms with E-state index in [9.17, 15) is 0 Å². The molecule has 0 bridgehead atoms. The Kier molecular flexibility index (Phi) is 4.39. The molecular formula is C12H26N2. The Morgan fingerprint density at radius 1 is 1.36 bits per heavy atom. The second-order valence-corrected chi connectivity index (χ2v) is 4.80. The molecule has 2 unspecified atom stereocenters. The van der Waals surface area contributed by atoms with Crippen LogP contribution in [0.25, 0.3) is 0 Å². The molecule has 0 aromatic carbocycles. The van der Waals surface area contributed by atoms with Crippen molar-refractivity contribution in [3.8, 4) is 0 Å². The quantitative estimate of drug-likeness (QED) is 0.745. The van der Waals surface area contributed by atoms with Crippen molar-refractivity contribution in [1.82, 2.24) is 10.2 Å². The normalized spacial score (nSPS) is 34.7. The maximum Gasteiger partial charge on any atom is 0.0278 e. The third kappa shape index (κ3) is 2.71. The highest BCUT2D eigenvalue weighted by Crippen LogP contribution is 2.20. The summed E-state index contributed by atoms with van der Waals surface area (Å²) in [6, 6.07) is 0.768. The average molecular weight is 198 g/mol. The summed E-state index contributed by atoms with van der Waals surface area (Å²) < 4.78 is 0. The van der Waals surface area contributed by atoms with Gasteiger partial charge in [-0.3, -0.25) is 4.90 Å². The zero-order valence-corrected chi connectivity index (χ0v) is 10.3. The summed E-state index contributed by atoms with van der Waals surface area (Å²) in [6.07, 6.45) is 3.86. The van der Waals surface area contributed by atoms with E-state index in [0.717, 1.165) is 6.04 Å². The van der Waals surface area contributed by atoms with E-state index in [2.05, 4.69) is 37.9 Å². The van der Waals surface area contributed by atoms with Gasteiger partial charge in [0.15, 0.2) is 0 Å². The Morgan fingerprint density at radius 3 is 2.57 bits per heavy atom. The molecule has 1 aliphatic rings. The van der Waals surface area contributed by atoms with E-state index >= 15 is 0 Å². The molecule has 0 amide bonds. The van der Waals surface area contributed by atoms with Gasteiger partial charge in [0.2, 0.25) is 0 Å². The Bertz CT molecular complexity index is 170. The zero-order valence-electron chi connectivity index (χ0n) is 10.3. The van der Waals surface area contributed by atoms with E-state index in [1.54, 1.807) is 0 Å². The van der Waals surface area contributed by atoms with Crippen LogP contribution in [0.15, 0.2) is 0 Å². The van der Waals surface area contributed by atoms with Gasteiger partial charge < -0.3 is 5.32 Å².